The molecule has 0 bridgehead atoms. The second-order valence-electron chi connectivity index (χ2n) is 3.69. The molecule has 0 aliphatic heterocycles. The summed E-state index contributed by atoms with van der Waals surface area (Å²) in [5, 5.41) is 1.10. The number of rotatable bonds is 3. The number of hydrogen-bond acceptors (Lipinski definition) is 3. The first kappa shape index (κ1) is 14.3. The van der Waals surface area contributed by atoms with Gasteiger partial charge in [0.15, 0.2) is 0 Å². The lowest BCUT2D eigenvalue weighted by atomic mass is 10.1. The fourth-order valence-electron chi connectivity index (χ4n) is 1.77. The zero-order valence-corrected chi connectivity index (χ0v) is 11.1. The molecule has 1 aromatic carbocycles. The summed E-state index contributed by atoms with van der Waals surface area (Å²) in [4.78, 5) is 14.4. The maximum atomic E-state index is 11.2. The predicted molar refractivity (Wildman–Crippen MR) is 73.3 cm³/mol. The number of carbonyl (C=O) groups excluding carboxylic acids is 1. The van der Waals surface area contributed by atoms with Crippen LogP contribution < -0.4 is 5.73 Å². The number of H-pyrrole nitrogens is 1. The average molecular weight is 248 g/mol. The number of methoxy groups -OCH3 is 1. The third-order valence-corrected chi connectivity index (χ3v) is 2.62. The van der Waals surface area contributed by atoms with Gasteiger partial charge in [0.25, 0.3) is 0 Å². The van der Waals surface area contributed by atoms with Crippen LogP contribution >= 0.6 is 0 Å². The van der Waals surface area contributed by atoms with E-state index in [9.17, 15) is 4.79 Å². The molecule has 2 rings (SSSR count). The van der Waals surface area contributed by atoms with Gasteiger partial charge in [0.05, 0.1) is 7.11 Å². The van der Waals surface area contributed by atoms with Crippen molar-refractivity contribution in [1.82, 2.24) is 4.98 Å². The number of para-hydroxylation sites is 1. The summed E-state index contributed by atoms with van der Waals surface area (Å²) in [6.45, 7) is 4.00. The van der Waals surface area contributed by atoms with Crippen LogP contribution in [0.1, 0.15) is 19.4 Å². The lowest BCUT2D eigenvalue weighted by Gasteiger charge is -2.07. The fourth-order valence-corrected chi connectivity index (χ4v) is 1.77. The van der Waals surface area contributed by atoms with Crippen molar-refractivity contribution in [2.24, 2.45) is 5.73 Å². The van der Waals surface area contributed by atoms with E-state index < -0.39 is 6.04 Å². The molecule has 1 unspecified atom stereocenters. The molecule has 4 nitrogen and oxygen atoms in total. The lowest BCUT2D eigenvalue weighted by molar-refractivity contribution is -0.142. The molecule has 98 valence electrons. The van der Waals surface area contributed by atoms with E-state index >= 15 is 0 Å². The molecule has 0 saturated carbocycles. The SMILES string of the molecule is CC.COC(=O)C(N)Cc1c[nH]c2ccccc12. The Bertz CT molecular complexity index is 505. The maximum absolute atomic E-state index is 11.2. The summed E-state index contributed by atoms with van der Waals surface area (Å²) in [6.07, 6.45) is 2.37. The smallest absolute Gasteiger partial charge is 0.322 e. The summed E-state index contributed by atoms with van der Waals surface area (Å²) in [5.41, 5.74) is 7.81. The van der Waals surface area contributed by atoms with Crippen molar-refractivity contribution in [2.45, 2.75) is 26.3 Å². The third-order valence-electron chi connectivity index (χ3n) is 2.62. The van der Waals surface area contributed by atoms with Gasteiger partial charge in [0, 0.05) is 23.5 Å². The number of nitrogens with two attached hydrogens (primary N) is 1. The van der Waals surface area contributed by atoms with Crippen LogP contribution in [0.15, 0.2) is 30.5 Å². The number of nitrogens with one attached hydrogen (secondary N) is 1. The molecule has 0 radical (unpaired) electrons. The number of hydrogen-bond donors (Lipinski definition) is 2. The van der Waals surface area contributed by atoms with E-state index in [0.29, 0.717) is 6.42 Å². The zero-order valence-electron chi connectivity index (χ0n) is 11.1. The highest BCUT2D eigenvalue weighted by Gasteiger charge is 2.16. The van der Waals surface area contributed by atoms with E-state index in [1.807, 2.05) is 44.3 Å². The van der Waals surface area contributed by atoms with Crippen LogP contribution in [-0.4, -0.2) is 24.1 Å². The summed E-state index contributed by atoms with van der Waals surface area (Å²) in [5.74, 6) is -0.384. The van der Waals surface area contributed by atoms with Gasteiger partial charge in [-0.05, 0) is 11.6 Å². The molecule has 0 aliphatic carbocycles. The van der Waals surface area contributed by atoms with Crippen molar-refractivity contribution in [3.8, 4) is 0 Å². The van der Waals surface area contributed by atoms with Crippen LogP contribution in [0.3, 0.4) is 0 Å². The summed E-state index contributed by atoms with van der Waals surface area (Å²) in [6, 6.07) is 7.31. The topological polar surface area (TPSA) is 68.1 Å². The zero-order chi connectivity index (χ0) is 13.5. The van der Waals surface area contributed by atoms with Crippen LogP contribution in [0.25, 0.3) is 10.9 Å². The Morgan fingerprint density at radius 1 is 1.39 bits per heavy atom. The number of ether oxygens (including phenoxy) is 1. The van der Waals surface area contributed by atoms with Gasteiger partial charge < -0.3 is 15.5 Å². The molecule has 0 aliphatic rings. The molecule has 1 aromatic heterocycles. The second-order valence-corrected chi connectivity index (χ2v) is 3.69. The van der Waals surface area contributed by atoms with Crippen LogP contribution in [0, 0.1) is 0 Å². The van der Waals surface area contributed by atoms with Crippen molar-refractivity contribution in [3.63, 3.8) is 0 Å². The van der Waals surface area contributed by atoms with Crippen molar-refractivity contribution in [3.05, 3.63) is 36.0 Å². The maximum Gasteiger partial charge on any atom is 0.322 e. The van der Waals surface area contributed by atoms with E-state index in [2.05, 4.69) is 9.72 Å². The first-order valence-electron chi connectivity index (χ1n) is 6.11. The van der Waals surface area contributed by atoms with E-state index in [-0.39, 0.29) is 5.97 Å². The van der Waals surface area contributed by atoms with E-state index in [1.54, 1.807) is 0 Å². The molecule has 2 aromatic rings. The molecule has 1 atom stereocenters. The second kappa shape index (κ2) is 6.81. The largest absolute Gasteiger partial charge is 0.468 e. The monoisotopic (exact) mass is 248 g/mol. The predicted octanol–water partition coefficient (Wildman–Crippen LogP) is 2.24. The van der Waals surface area contributed by atoms with Gasteiger partial charge in [-0.15, -0.1) is 0 Å². The van der Waals surface area contributed by atoms with Crippen molar-refractivity contribution < 1.29 is 9.53 Å². The van der Waals surface area contributed by atoms with E-state index in [0.717, 1.165) is 16.5 Å². The Labute approximate surface area is 107 Å². The summed E-state index contributed by atoms with van der Waals surface area (Å²) >= 11 is 0. The minimum atomic E-state index is -0.607. The van der Waals surface area contributed by atoms with Gasteiger partial charge in [-0.1, -0.05) is 32.0 Å². The van der Waals surface area contributed by atoms with Gasteiger partial charge in [-0.3, -0.25) is 4.79 Å². The molecule has 0 amide bonds. The molecular weight excluding hydrogens is 228 g/mol. The Morgan fingerprint density at radius 2 is 2.06 bits per heavy atom. The van der Waals surface area contributed by atoms with Gasteiger partial charge in [-0.25, -0.2) is 0 Å². The van der Waals surface area contributed by atoms with Crippen molar-refractivity contribution in [1.29, 1.82) is 0 Å². The number of carbonyl (C=O) groups is 1. The number of benzene rings is 1. The minimum absolute atomic E-state index is 0.384. The molecule has 0 saturated heterocycles. The standard InChI is InChI=1S/C12H14N2O2.C2H6/c1-16-12(15)10(13)6-8-7-14-11-5-3-2-4-9(8)11;1-2/h2-5,7,10,14H,6,13H2,1H3;1-2H3. The van der Waals surface area contributed by atoms with Gasteiger partial charge in [0.2, 0.25) is 0 Å². The quantitative estimate of drug-likeness (QED) is 0.818. The number of aromatic amines is 1. The molecule has 3 N–H and O–H groups in total. The number of aromatic nitrogens is 1. The summed E-state index contributed by atoms with van der Waals surface area (Å²) in [7, 11) is 1.34. The minimum Gasteiger partial charge on any atom is -0.468 e. The van der Waals surface area contributed by atoms with Crippen LogP contribution in [-0.2, 0) is 16.0 Å². The summed E-state index contributed by atoms with van der Waals surface area (Å²) < 4.78 is 4.60. The molecule has 18 heavy (non-hydrogen) atoms. The highest BCUT2D eigenvalue weighted by molar-refractivity contribution is 5.84. The van der Waals surface area contributed by atoms with E-state index in [1.165, 1.54) is 7.11 Å². The van der Waals surface area contributed by atoms with Crippen molar-refractivity contribution >= 4 is 16.9 Å². The number of esters is 1. The first-order valence-corrected chi connectivity index (χ1v) is 6.11. The first-order chi connectivity index (χ1) is 8.72. The Morgan fingerprint density at radius 3 is 2.72 bits per heavy atom. The van der Waals surface area contributed by atoms with Gasteiger partial charge in [0.1, 0.15) is 6.04 Å². The normalized spacial score (nSPS) is 11.6. The molecule has 0 spiro atoms. The highest BCUT2D eigenvalue weighted by Crippen LogP contribution is 2.18. The van der Waals surface area contributed by atoms with Crippen LogP contribution in [0.4, 0.5) is 0 Å². The van der Waals surface area contributed by atoms with Gasteiger partial charge in [-0.2, -0.15) is 0 Å². The highest BCUT2D eigenvalue weighted by atomic mass is 16.5. The molecule has 0 fully saturated rings. The average Bonchev–Trinajstić information content (AvgIpc) is 2.83. The Balaban J connectivity index is 0.000000771. The molecular formula is C14H20N2O2. The third kappa shape index (κ3) is 3.11. The Hall–Kier alpha value is -1.81. The van der Waals surface area contributed by atoms with Crippen LogP contribution in [0.5, 0.6) is 0 Å². The molecule has 4 heteroatoms. The van der Waals surface area contributed by atoms with Gasteiger partial charge >= 0.3 is 5.97 Å². The van der Waals surface area contributed by atoms with E-state index in [4.69, 9.17) is 5.73 Å². The Kier molecular flexibility index (Phi) is 5.39. The van der Waals surface area contributed by atoms with Crippen LogP contribution in [0.2, 0.25) is 0 Å². The lowest BCUT2D eigenvalue weighted by Crippen LogP contribution is -2.33. The molecule has 1 heterocycles. The fraction of sp³-hybridized carbons (Fsp3) is 0.357. The van der Waals surface area contributed by atoms with Crippen molar-refractivity contribution in [2.75, 3.05) is 7.11 Å². The number of fused-ring (bicyclic) bond motifs is 1.